The number of aliphatic carboxylic acids is 2. The van der Waals surface area contributed by atoms with Gasteiger partial charge in [-0.15, -0.1) is 0 Å². The molecule has 5 atom stereocenters. The number of aromatic nitrogens is 2. The fraction of sp³-hybridized carbons (Fsp3) is 0.619. The van der Waals surface area contributed by atoms with E-state index >= 15 is 0 Å². The number of nitrogens with one attached hydrogen (secondary N) is 4. The summed E-state index contributed by atoms with van der Waals surface area (Å²) in [6, 6.07) is -4.81. The summed E-state index contributed by atoms with van der Waals surface area (Å²) in [4.78, 5) is 67.3. The van der Waals surface area contributed by atoms with Crippen LogP contribution in [0.25, 0.3) is 0 Å². The van der Waals surface area contributed by atoms with Crippen LogP contribution >= 0.6 is 0 Å². The van der Waals surface area contributed by atoms with E-state index in [1.54, 1.807) is 13.8 Å². The number of hydrogen-bond donors (Lipinski definition) is 7. The van der Waals surface area contributed by atoms with E-state index in [1.807, 2.05) is 13.8 Å². The van der Waals surface area contributed by atoms with Crippen LogP contribution in [0.3, 0.4) is 0 Å². The minimum Gasteiger partial charge on any atom is -0.481 e. The average molecular weight is 483 g/mol. The van der Waals surface area contributed by atoms with Crippen LogP contribution in [-0.4, -0.2) is 74.0 Å². The molecule has 13 nitrogen and oxygen atoms in total. The van der Waals surface area contributed by atoms with E-state index in [0.29, 0.717) is 12.1 Å². The summed E-state index contributed by atoms with van der Waals surface area (Å²) in [5.74, 6) is -5.51. The highest BCUT2D eigenvalue weighted by Gasteiger charge is 2.33. The molecule has 5 unspecified atom stereocenters. The lowest BCUT2D eigenvalue weighted by molar-refractivity contribution is -0.147. The lowest BCUT2D eigenvalue weighted by atomic mass is 9.97. The molecule has 1 aromatic heterocycles. The molecule has 1 aromatic rings. The van der Waals surface area contributed by atoms with Crippen molar-refractivity contribution in [3.8, 4) is 0 Å². The van der Waals surface area contributed by atoms with E-state index in [2.05, 4.69) is 25.9 Å². The molecule has 0 aliphatic heterocycles. The summed E-state index contributed by atoms with van der Waals surface area (Å²) in [6.07, 6.45) is 2.53. The van der Waals surface area contributed by atoms with Gasteiger partial charge in [-0.05, 0) is 11.8 Å². The number of carbonyl (C=O) groups excluding carboxylic acids is 3. The molecule has 0 spiro atoms. The van der Waals surface area contributed by atoms with Gasteiger partial charge in [0.25, 0.3) is 0 Å². The number of carboxylic acid groups (broad SMARTS) is 2. The molecule has 0 fully saturated rings. The van der Waals surface area contributed by atoms with Gasteiger partial charge in [0.1, 0.15) is 18.1 Å². The zero-order chi connectivity index (χ0) is 26.0. The van der Waals surface area contributed by atoms with E-state index in [-0.39, 0.29) is 18.3 Å². The fourth-order valence-electron chi connectivity index (χ4n) is 3.03. The third-order valence-corrected chi connectivity index (χ3v) is 5.41. The van der Waals surface area contributed by atoms with Crippen molar-refractivity contribution in [1.29, 1.82) is 0 Å². The van der Waals surface area contributed by atoms with Crippen LogP contribution in [-0.2, 0) is 30.4 Å². The van der Waals surface area contributed by atoms with Crippen LogP contribution in [0.4, 0.5) is 0 Å². The fourth-order valence-corrected chi connectivity index (χ4v) is 3.03. The largest absolute Gasteiger partial charge is 0.481 e. The predicted molar refractivity (Wildman–Crippen MR) is 120 cm³/mol. The van der Waals surface area contributed by atoms with Gasteiger partial charge < -0.3 is 36.9 Å². The summed E-state index contributed by atoms with van der Waals surface area (Å²) >= 11 is 0. The van der Waals surface area contributed by atoms with Gasteiger partial charge in [-0.3, -0.25) is 19.2 Å². The summed E-state index contributed by atoms with van der Waals surface area (Å²) in [7, 11) is 0. The first-order valence-electron chi connectivity index (χ1n) is 11.0. The van der Waals surface area contributed by atoms with E-state index in [4.69, 9.17) is 10.8 Å². The van der Waals surface area contributed by atoms with Crippen LogP contribution < -0.4 is 21.7 Å². The number of carbonyl (C=O) groups is 5. The van der Waals surface area contributed by atoms with Crippen molar-refractivity contribution in [1.82, 2.24) is 25.9 Å². The molecule has 13 heteroatoms. The van der Waals surface area contributed by atoms with Crippen molar-refractivity contribution < 1.29 is 34.2 Å². The van der Waals surface area contributed by atoms with E-state index < -0.39 is 60.2 Å². The van der Waals surface area contributed by atoms with Crippen LogP contribution in [0, 0.1) is 11.8 Å². The lowest BCUT2D eigenvalue weighted by Crippen LogP contribution is -2.59. The van der Waals surface area contributed by atoms with Gasteiger partial charge in [0, 0.05) is 18.3 Å². The SMILES string of the molecule is CCC(C)C(N)C(=O)NC(C(=O)NC(Cc1cnc[nH]1)C(=O)NC(CC(=O)O)C(=O)O)C(C)C. The van der Waals surface area contributed by atoms with Gasteiger partial charge in [0.15, 0.2) is 0 Å². The maximum Gasteiger partial charge on any atom is 0.326 e. The smallest absolute Gasteiger partial charge is 0.326 e. The number of hydrogen-bond acceptors (Lipinski definition) is 7. The molecule has 0 bridgehead atoms. The van der Waals surface area contributed by atoms with Gasteiger partial charge in [-0.2, -0.15) is 0 Å². The third-order valence-electron chi connectivity index (χ3n) is 5.41. The number of H-pyrrole nitrogens is 1. The molecule has 34 heavy (non-hydrogen) atoms. The maximum atomic E-state index is 13.0. The second-order valence-corrected chi connectivity index (χ2v) is 8.48. The Hall–Kier alpha value is -3.48. The Morgan fingerprint density at radius 3 is 2.09 bits per heavy atom. The van der Waals surface area contributed by atoms with Crippen molar-refractivity contribution in [2.24, 2.45) is 17.6 Å². The first kappa shape index (κ1) is 28.6. The monoisotopic (exact) mass is 482 g/mol. The molecule has 0 saturated heterocycles. The topological polar surface area (TPSA) is 217 Å². The second kappa shape index (κ2) is 13.3. The Balaban J connectivity index is 3.06. The molecule has 0 radical (unpaired) electrons. The molecule has 8 N–H and O–H groups in total. The summed E-state index contributed by atoms with van der Waals surface area (Å²) < 4.78 is 0. The molecule has 0 saturated carbocycles. The second-order valence-electron chi connectivity index (χ2n) is 8.48. The van der Waals surface area contributed by atoms with Crippen molar-refractivity contribution in [3.63, 3.8) is 0 Å². The number of imidazole rings is 1. The molecule has 1 rings (SSSR count). The van der Waals surface area contributed by atoms with Crippen LogP contribution in [0.2, 0.25) is 0 Å². The quantitative estimate of drug-likeness (QED) is 0.173. The van der Waals surface area contributed by atoms with Gasteiger partial charge in [-0.1, -0.05) is 34.1 Å². The van der Waals surface area contributed by atoms with Gasteiger partial charge >= 0.3 is 11.9 Å². The molecular formula is C21H34N6O7. The maximum absolute atomic E-state index is 13.0. The molecule has 3 amide bonds. The minimum absolute atomic E-state index is 0.0812. The van der Waals surface area contributed by atoms with E-state index in [0.717, 1.165) is 0 Å². The molecular weight excluding hydrogens is 448 g/mol. The summed E-state index contributed by atoms with van der Waals surface area (Å²) in [5, 5.41) is 25.4. The number of nitrogens with two attached hydrogens (primary N) is 1. The van der Waals surface area contributed by atoms with Gasteiger partial charge in [0.05, 0.1) is 18.8 Å². The van der Waals surface area contributed by atoms with E-state index in [1.165, 1.54) is 12.5 Å². The predicted octanol–water partition coefficient (Wildman–Crippen LogP) is -1.00. The number of amides is 3. The highest BCUT2D eigenvalue weighted by molar-refractivity contribution is 5.94. The van der Waals surface area contributed by atoms with Crippen LogP contribution in [0.5, 0.6) is 0 Å². The third kappa shape index (κ3) is 8.81. The molecule has 0 aliphatic carbocycles. The first-order valence-corrected chi connectivity index (χ1v) is 11.0. The summed E-state index contributed by atoms with van der Waals surface area (Å²) in [6.45, 7) is 7.11. The molecule has 0 aliphatic rings. The van der Waals surface area contributed by atoms with Crippen molar-refractivity contribution in [2.45, 2.75) is 71.1 Å². The Bertz CT molecular complexity index is 858. The highest BCUT2D eigenvalue weighted by atomic mass is 16.4. The van der Waals surface area contributed by atoms with Crippen molar-refractivity contribution in [2.75, 3.05) is 0 Å². The standard InChI is InChI=1S/C21H34N6O7/c1-5-11(4)16(22)19(31)27-17(10(2)3)20(32)25-13(6-12-8-23-9-24-12)18(30)26-14(21(33)34)7-15(28)29/h8-11,13-14,16-17H,5-7,22H2,1-4H3,(H,23,24)(H,25,32)(H,26,30)(H,27,31)(H,28,29)(H,33,34). The molecule has 190 valence electrons. The normalized spacial score (nSPS) is 15.5. The minimum atomic E-state index is -1.69. The first-order chi connectivity index (χ1) is 15.9. The van der Waals surface area contributed by atoms with Gasteiger partial charge in [0.2, 0.25) is 17.7 Å². The molecule has 0 aromatic carbocycles. The number of rotatable bonds is 14. The van der Waals surface area contributed by atoms with Gasteiger partial charge in [-0.25, -0.2) is 9.78 Å². The number of nitrogens with zero attached hydrogens (tertiary/aromatic N) is 1. The Kier molecular flexibility index (Phi) is 11.2. The Morgan fingerprint density at radius 1 is 1.00 bits per heavy atom. The zero-order valence-electron chi connectivity index (χ0n) is 19.7. The number of aromatic amines is 1. The highest BCUT2D eigenvalue weighted by Crippen LogP contribution is 2.09. The lowest BCUT2D eigenvalue weighted by Gasteiger charge is -2.27. The van der Waals surface area contributed by atoms with Crippen LogP contribution in [0.1, 0.15) is 46.2 Å². The van der Waals surface area contributed by atoms with Crippen molar-refractivity contribution in [3.05, 3.63) is 18.2 Å². The number of carboxylic acids is 2. The van der Waals surface area contributed by atoms with E-state index in [9.17, 15) is 29.1 Å². The zero-order valence-corrected chi connectivity index (χ0v) is 19.7. The Morgan fingerprint density at radius 2 is 1.62 bits per heavy atom. The molecule has 1 heterocycles. The average Bonchev–Trinajstić information content (AvgIpc) is 3.27. The Labute approximate surface area is 197 Å². The van der Waals surface area contributed by atoms with Crippen LogP contribution in [0.15, 0.2) is 12.5 Å². The van der Waals surface area contributed by atoms with Crippen molar-refractivity contribution >= 4 is 29.7 Å². The summed E-state index contributed by atoms with van der Waals surface area (Å²) in [5.41, 5.74) is 6.43.